The number of Topliss-reactive ketones (excluding diaryl/α,β-unsaturated/α-hetero) is 1. The number of unbranched alkanes of at least 4 members (excludes halogenated alkanes) is 1. The van der Waals surface area contributed by atoms with Gasteiger partial charge >= 0.3 is 0 Å². The van der Waals surface area contributed by atoms with Crippen LogP contribution in [0.2, 0.25) is 0 Å². The zero-order valence-corrected chi connectivity index (χ0v) is 19.2. The molecule has 2 fully saturated rings. The van der Waals surface area contributed by atoms with E-state index in [2.05, 4.69) is 6.92 Å². The monoisotopic (exact) mass is 446 g/mol. The molecule has 0 aromatic heterocycles. The van der Waals surface area contributed by atoms with Gasteiger partial charge in [-0.05, 0) is 79.4 Å². The Balaban J connectivity index is 1.44. The number of ketones is 1. The SMILES string of the molecule is C[C@]12CC[C@@H]3c4ccc(O)cc4C(=O)[C@@H](CCCCOCCOCCO)[C@H]3[C@@H]1CC[C@@H]2O. The highest BCUT2D eigenvalue weighted by Gasteiger charge is 2.58. The highest BCUT2D eigenvalue weighted by molar-refractivity contribution is 6.01. The lowest BCUT2D eigenvalue weighted by atomic mass is 9.51. The number of carbonyl (C=O) groups is 1. The fourth-order valence-electron chi connectivity index (χ4n) is 6.83. The maximum Gasteiger partial charge on any atom is 0.166 e. The summed E-state index contributed by atoms with van der Waals surface area (Å²) < 4.78 is 10.8. The van der Waals surface area contributed by atoms with E-state index < -0.39 is 0 Å². The summed E-state index contributed by atoms with van der Waals surface area (Å²) in [4.78, 5) is 13.6. The van der Waals surface area contributed by atoms with Gasteiger partial charge in [0.25, 0.3) is 0 Å². The first-order valence-corrected chi connectivity index (χ1v) is 12.3. The fourth-order valence-corrected chi connectivity index (χ4v) is 6.83. The first kappa shape index (κ1) is 23.7. The largest absolute Gasteiger partial charge is 0.508 e. The van der Waals surface area contributed by atoms with Gasteiger partial charge in [0, 0.05) is 18.1 Å². The molecule has 32 heavy (non-hydrogen) atoms. The average Bonchev–Trinajstić information content (AvgIpc) is 3.09. The van der Waals surface area contributed by atoms with E-state index in [1.807, 2.05) is 6.07 Å². The molecule has 2 saturated carbocycles. The second-order valence-corrected chi connectivity index (χ2v) is 10.1. The minimum atomic E-state index is -0.271. The number of rotatable bonds is 10. The Morgan fingerprint density at radius 2 is 1.84 bits per heavy atom. The van der Waals surface area contributed by atoms with Gasteiger partial charge in [0.05, 0.1) is 32.5 Å². The first-order chi connectivity index (χ1) is 15.5. The molecule has 3 aliphatic rings. The molecule has 178 valence electrons. The average molecular weight is 447 g/mol. The molecule has 0 radical (unpaired) electrons. The van der Waals surface area contributed by atoms with Gasteiger partial charge in [-0.15, -0.1) is 0 Å². The van der Waals surface area contributed by atoms with Crippen molar-refractivity contribution >= 4 is 5.78 Å². The Morgan fingerprint density at radius 3 is 2.62 bits per heavy atom. The van der Waals surface area contributed by atoms with Crippen molar-refractivity contribution in [3.8, 4) is 5.75 Å². The molecule has 3 aliphatic carbocycles. The first-order valence-electron chi connectivity index (χ1n) is 12.3. The molecular weight excluding hydrogens is 408 g/mol. The van der Waals surface area contributed by atoms with Crippen LogP contribution in [-0.2, 0) is 9.47 Å². The summed E-state index contributed by atoms with van der Waals surface area (Å²) >= 11 is 0. The van der Waals surface area contributed by atoms with E-state index in [4.69, 9.17) is 14.6 Å². The standard InChI is InChI=1S/C26H38O6/c1-26-10-9-19-18-6-5-17(28)16-21(18)25(30)20(24(19)22(26)7-8-23(26)29)4-2-3-12-31-14-15-32-13-11-27/h5-6,16,19-20,22-24,27-29H,2-4,7-15H2,1H3/t19-,20+,22+,23+,24+,26+/m1/s1. The lowest BCUT2D eigenvalue weighted by Gasteiger charge is -2.52. The van der Waals surface area contributed by atoms with E-state index in [0.717, 1.165) is 50.5 Å². The maximum absolute atomic E-state index is 13.6. The van der Waals surface area contributed by atoms with Crippen molar-refractivity contribution in [2.24, 2.45) is 23.2 Å². The number of fused-ring (bicyclic) bond motifs is 5. The van der Waals surface area contributed by atoms with Crippen LogP contribution >= 0.6 is 0 Å². The van der Waals surface area contributed by atoms with E-state index in [1.165, 1.54) is 0 Å². The number of aliphatic hydroxyl groups is 2. The molecule has 6 atom stereocenters. The summed E-state index contributed by atoms with van der Waals surface area (Å²) in [5.74, 6) is 1.23. The van der Waals surface area contributed by atoms with Crippen LogP contribution in [0.3, 0.4) is 0 Å². The number of aromatic hydroxyl groups is 1. The van der Waals surface area contributed by atoms with Crippen LogP contribution < -0.4 is 0 Å². The van der Waals surface area contributed by atoms with Crippen LogP contribution in [0.1, 0.15) is 73.7 Å². The number of phenols is 1. The third-order valence-electron chi connectivity index (χ3n) is 8.45. The quantitative estimate of drug-likeness (QED) is 0.475. The Hall–Kier alpha value is -1.47. The highest BCUT2D eigenvalue weighted by Crippen LogP contribution is 2.62. The second-order valence-electron chi connectivity index (χ2n) is 10.1. The Kier molecular flexibility index (Phi) is 7.55. The van der Waals surface area contributed by atoms with Crippen molar-refractivity contribution in [3.63, 3.8) is 0 Å². The van der Waals surface area contributed by atoms with Crippen molar-refractivity contribution in [2.75, 3.05) is 33.0 Å². The van der Waals surface area contributed by atoms with E-state index in [1.54, 1.807) is 12.1 Å². The number of aliphatic hydroxyl groups excluding tert-OH is 2. The Bertz CT molecular complexity index is 795. The van der Waals surface area contributed by atoms with Gasteiger partial charge in [-0.25, -0.2) is 0 Å². The summed E-state index contributed by atoms with van der Waals surface area (Å²) in [6.07, 6.45) is 6.16. The molecule has 6 heteroatoms. The fraction of sp³-hybridized carbons (Fsp3) is 0.731. The maximum atomic E-state index is 13.6. The van der Waals surface area contributed by atoms with Crippen molar-refractivity contribution < 1.29 is 29.6 Å². The molecule has 0 saturated heterocycles. The van der Waals surface area contributed by atoms with E-state index in [0.29, 0.717) is 43.8 Å². The molecule has 4 rings (SSSR count). The number of benzene rings is 1. The molecular formula is C26H38O6. The van der Waals surface area contributed by atoms with E-state index in [-0.39, 0.29) is 41.5 Å². The number of hydrogen-bond acceptors (Lipinski definition) is 6. The lowest BCUT2D eigenvalue weighted by molar-refractivity contribution is -0.0352. The summed E-state index contributed by atoms with van der Waals surface area (Å²) in [6.45, 7) is 4.21. The van der Waals surface area contributed by atoms with Gasteiger partial charge in [0.2, 0.25) is 0 Å². The molecule has 0 aliphatic heterocycles. The van der Waals surface area contributed by atoms with Crippen LogP contribution in [0, 0.1) is 23.2 Å². The molecule has 1 aromatic rings. The van der Waals surface area contributed by atoms with Gasteiger partial charge < -0.3 is 24.8 Å². The molecule has 6 nitrogen and oxygen atoms in total. The summed E-state index contributed by atoms with van der Waals surface area (Å²) in [5.41, 5.74) is 1.71. The van der Waals surface area contributed by atoms with Gasteiger partial charge in [-0.1, -0.05) is 19.4 Å². The normalized spacial score (nSPS) is 33.6. The minimum absolute atomic E-state index is 0.0234. The van der Waals surface area contributed by atoms with E-state index in [9.17, 15) is 15.0 Å². The molecule has 1 aromatic carbocycles. The van der Waals surface area contributed by atoms with Crippen LogP contribution in [0.5, 0.6) is 5.75 Å². The molecule has 0 unspecified atom stereocenters. The van der Waals surface area contributed by atoms with Gasteiger partial charge in [-0.2, -0.15) is 0 Å². The van der Waals surface area contributed by atoms with Crippen molar-refractivity contribution in [3.05, 3.63) is 29.3 Å². The third-order valence-corrected chi connectivity index (χ3v) is 8.45. The van der Waals surface area contributed by atoms with Crippen LogP contribution in [-0.4, -0.2) is 60.2 Å². The smallest absolute Gasteiger partial charge is 0.166 e. The highest BCUT2D eigenvalue weighted by atomic mass is 16.5. The molecule has 3 N–H and O–H groups in total. The number of hydrogen-bond donors (Lipinski definition) is 3. The molecule has 0 heterocycles. The summed E-state index contributed by atoms with van der Waals surface area (Å²) in [6, 6.07) is 5.33. The Labute approximate surface area is 190 Å². The summed E-state index contributed by atoms with van der Waals surface area (Å²) in [7, 11) is 0. The number of carbonyl (C=O) groups excluding carboxylic acids is 1. The third kappa shape index (κ3) is 4.47. The van der Waals surface area contributed by atoms with Gasteiger partial charge in [-0.3, -0.25) is 4.79 Å². The van der Waals surface area contributed by atoms with Crippen LogP contribution in [0.25, 0.3) is 0 Å². The van der Waals surface area contributed by atoms with Crippen molar-refractivity contribution in [1.82, 2.24) is 0 Å². The molecule has 0 amide bonds. The zero-order valence-electron chi connectivity index (χ0n) is 19.2. The van der Waals surface area contributed by atoms with Crippen molar-refractivity contribution in [2.45, 2.75) is 63.9 Å². The van der Waals surface area contributed by atoms with Crippen LogP contribution in [0.15, 0.2) is 18.2 Å². The Morgan fingerprint density at radius 1 is 1.06 bits per heavy atom. The minimum Gasteiger partial charge on any atom is -0.508 e. The lowest BCUT2D eigenvalue weighted by Crippen LogP contribution is -2.49. The zero-order chi connectivity index (χ0) is 22.7. The topological polar surface area (TPSA) is 96.2 Å². The summed E-state index contributed by atoms with van der Waals surface area (Å²) in [5, 5.41) is 29.5. The molecule has 0 bridgehead atoms. The van der Waals surface area contributed by atoms with Gasteiger partial charge in [0.15, 0.2) is 5.78 Å². The predicted molar refractivity (Wildman–Crippen MR) is 121 cm³/mol. The second kappa shape index (κ2) is 10.2. The number of phenolic OH excluding ortho intramolecular Hbond substituents is 1. The molecule has 0 spiro atoms. The van der Waals surface area contributed by atoms with E-state index >= 15 is 0 Å². The number of ether oxygens (including phenoxy) is 2. The van der Waals surface area contributed by atoms with Crippen molar-refractivity contribution in [1.29, 1.82) is 0 Å². The predicted octanol–water partition coefficient (Wildman–Crippen LogP) is 3.67. The van der Waals surface area contributed by atoms with Crippen LogP contribution in [0.4, 0.5) is 0 Å². The van der Waals surface area contributed by atoms with Gasteiger partial charge in [0.1, 0.15) is 5.75 Å².